The molecule has 314 valence electrons. The first-order valence-corrected chi connectivity index (χ1v) is 18.6. The molecule has 0 fully saturated rings. The third kappa shape index (κ3) is 21.5. The molecule has 0 aromatic heterocycles. The molecule has 0 aliphatic carbocycles. The summed E-state index contributed by atoms with van der Waals surface area (Å²) < 4.78 is 17.7. The van der Waals surface area contributed by atoms with Crippen LogP contribution in [-0.4, -0.2) is 145 Å². The molecule has 0 aliphatic heterocycles. The van der Waals surface area contributed by atoms with Gasteiger partial charge in [0.2, 0.25) is 17.7 Å². The van der Waals surface area contributed by atoms with Crippen LogP contribution >= 0.6 is 0 Å². The van der Waals surface area contributed by atoms with Gasteiger partial charge in [0.05, 0.1) is 39.6 Å². The van der Waals surface area contributed by atoms with E-state index in [9.17, 15) is 44.4 Å². The fourth-order valence-electron chi connectivity index (χ4n) is 5.35. The molecule has 54 heavy (non-hydrogen) atoms. The predicted octanol–water partition coefficient (Wildman–Crippen LogP) is 1.74. The number of nitrogens with one attached hydrogen (secondary N) is 3. The van der Waals surface area contributed by atoms with E-state index in [0.717, 1.165) is 0 Å². The molecule has 0 rings (SSSR count). The summed E-state index contributed by atoms with van der Waals surface area (Å²) in [7, 11) is 3.58. The summed E-state index contributed by atoms with van der Waals surface area (Å²) in [6.45, 7) is 13.4. The molecule has 0 radical (unpaired) electrons. The zero-order chi connectivity index (χ0) is 41.6. The van der Waals surface area contributed by atoms with Crippen molar-refractivity contribution in [2.45, 2.75) is 112 Å². The maximum absolute atomic E-state index is 12.7. The van der Waals surface area contributed by atoms with Crippen LogP contribution in [0.25, 0.3) is 0 Å². The van der Waals surface area contributed by atoms with Gasteiger partial charge >= 0.3 is 0 Å². The summed E-state index contributed by atoms with van der Waals surface area (Å²) in [6.07, 6.45) is 1.26. The maximum Gasteiger partial charge on any atom is 0.268 e. The first-order valence-electron chi connectivity index (χ1n) is 18.6. The average Bonchev–Trinajstić information content (AvgIpc) is 3.07. The molecule has 18 nitrogen and oxygen atoms in total. The second-order valence-corrected chi connectivity index (χ2v) is 15.1. The van der Waals surface area contributed by atoms with Gasteiger partial charge in [0.1, 0.15) is 18.1 Å². The van der Waals surface area contributed by atoms with Gasteiger partial charge in [-0.25, -0.2) is 15.2 Å². The van der Waals surface area contributed by atoms with E-state index in [4.69, 9.17) is 14.2 Å². The molecule has 6 N–H and O–H groups in total. The molecule has 0 aromatic carbocycles. The topological polar surface area (TPSA) is 237 Å². The molecule has 0 heterocycles. The molecule has 0 saturated carbocycles. The maximum atomic E-state index is 12.7. The Bertz CT molecular complexity index is 1030. The van der Waals surface area contributed by atoms with E-state index in [0.29, 0.717) is 40.9 Å². The zero-order valence-electron chi connectivity index (χ0n) is 34.0. The highest BCUT2D eigenvalue weighted by Gasteiger charge is 2.31. The van der Waals surface area contributed by atoms with Crippen molar-refractivity contribution in [3.05, 3.63) is 0 Å². The minimum Gasteiger partial charge on any atom is -0.380 e. The van der Waals surface area contributed by atoms with Crippen molar-refractivity contribution in [2.24, 2.45) is 23.2 Å². The van der Waals surface area contributed by atoms with Crippen molar-refractivity contribution in [3.8, 4) is 0 Å². The molecule has 18 heteroatoms. The van der Waals surface area contributed by atoms with Crippen molar-refractivity contribution in [1.29, 1.82) is 0 Å². The van der Waals surface area contributed by atoms with Gasteiger partial charge in [-0.05, 0) is 43.4 Å². The molecule has 6 amide bonds. The molecular weight excluding hydrogens is 708 g/mol. The predicted molar refractivity (Wildman–Crippen MR) is 197 cm³/mol. The third-order valence-electron chi connectivity index (χ3n) is 8.37. The van der Waals surface area contributed by atoms with Crippen LogP contribution in [0.2, 0.25) is 0 Å². The zero-order valence-corrected chi connectivity index (χ0v) is 34.0. The summed E-state index contributed by atoms with van der Waals surface area (Å²) in [4.78, 5) is 75.1. The lowest BCUT2D eigenvalue weighted by Gasteiger charge is -2.32. The molecule has 0 aliphatic rings. The lowest BCUT2D eigenvalue weighted by atomic mass is 9.88. The Kier molecular flexibility index (Phi) is 24.7. The summed E-state index contributed by atoms with van der Waals surface area (Å²) >= 11 is 0. The van der Waals surface area contributed by atoms with E-state index >= 15 is 0 Å². The lowest BCUT2D eigenvalue weighted by molar-refractivity contribution is -0.163. The molecule has 0 aromatic rings. The normalized spacial score (nSPS) is 13.3. The van der Waals surface area contributed by atoms with E-state index in [2.05, 4.69) is 16.0 Å². The number of likely N-dealkylation sites (N-methyl/N-ethyl adjacent to an activating group) is 3. The smallest absolute Gasteiger partial charge is 0.268 e. The van der Waals surface area contributed by atoms with Crippen molar-refractivity contribution in [3.63, 3.8) is 0 Å². The quantitative estimate of drug-likeness (QED) is 0.0379. The van der Waals surface area contributed by atoms with Crippen molar-refractivity contribution < 1.29 is 58.6 Å². The Morgan fingerprint density at radius 3 is 0.944 bits per heavy atom. The number of hydrogen-bond acceptors (Lipinski definition) is 12. The van der Waals surface area contributed by atoms with Gasteiger partial charge in [-0.2, -0.15) is 0 Å². The number of hydrogen-bond donors (Lipinski definition) is 6. The summed E-state index contributed by atoms with van der Waals surface area (Å²) in [6, 6.07) is -2.69. The molecular formula is C36H68N6O12. The number of carbonyl (C=O) groups is 6. The summed E-state index contributed by atoms with van der Waals surface area (Å²) in [5.74, 6) is -2.98. The van der Waals surface area contributed by atoms with Crippen LogP contribution in [0, 0.1) is 23.2 Å². The van der Waals surface area contributed by atoms with Crippen LogP contribution in [0.1, 0.15) is 93.4 Å². The number of rotatable bonds is 28. The number of hydroxylamine groups is 6. The minimum absolute atomic E-state index is 0.00884. The van der Waals surface area contributed by atoms with Crippen molar-refractivity contribution in [2.75, 3.05) is 60.8 Å². The van der Waals surface area contributed by atoms with Crippen LogP contribution < -0.4 is 16.0 Å². The Hall–Kier alpha value is -3.42. The van der Waals surface area contributed by atoms with E-state index in [1.165, 1.54) is 21.1 Å². The first kappa shape index (κ1) is 50.6. The van der Waals surface area contributed by atoms with E-state index in [1.54, 1.807) is 0 Å². The number of nitrogens with zero attached hydrogens (tertiary/aromatic N) is 3. The summed E-state index contributed by atoms with van der Waals surface area (Å²) in [5, 5.41) is 38.1. The van der Waals surface area contributed by atoms with Gasteiger partial charge in [-0.1, -0.05) is 48.5 Å². The Labute approximate surface area is 320 Å². The van der Waals surface area contributed by atoms with E-state index < -0.39 is 59.0 Å². The van der Waals surface area contributed by atoms with Gasteiger partial charge < -0.3 is 30.2 Å². The fraction of sp³-hybridized carbons (Fsp3) is 0.833. The first-order chi connectivity index (χ1) is 25.1. The Balaban J connectivity index is 5.53. The monoisotopic (exact) mass is 776 g/mol. The summed E-state index contributed by atoms with van der Waals surface area (Å²) in [5.41, 5.74) is -0.773. The van der Waals surface area contributed by atoms with Crippen LogP contribution in [0.5, 0.6) is 0 Å². The molecule has 0 bridgehead atoms. The van der Waals surface area contributed by atoms with Gasteiger partial charge in [0.15, 0.2) is 0 Å². The average molecular weight is 777 g/mol. The second kappa shape index (κ2) is 26.4. The Morgan fingerprint density at radius 1 is 0.519 bits per heavy atom. The van der Waals surface area contributed by atoms with E-state index in [-0.39, 0.29) is 76.7 Å². The largest absolute Gasteiger partial charge is 0.380 e. The molecule has 3 atom stereocenters. The van der Waals surface area contributed by atoms with Gasteiger partial charge in [-0.15, -0.1) is 0 Å². The second-order valence-electron chi connectivity index (χ2n) is 15.1. The van der Waals surface area contributed by atoms with Gasteiger partial charge in [0, 0.05) is 45.8 Å². The van der Waals surface area contributed by atoms with Crippen molar-refractivity contribution in [1.82, 2.24) is 31.1 Å². The fourth-order valence-corrected chi connectivity index (χ4v) is 5.35. The molecule has 0 spiro atoms. The van der Waals surface area contributed by atoms with Crippen LogP contribution in [-0.2, 0) is 43.0 Å². The highest BCUT2D eigenvalue weighted by Crippen LogP contribution is 2.24. The minimum atomic E-state index is -0.898. The van der Waals surface area contributed by atoms with Gasteiger partial charge in [0.25, 0.3) is 17.7 Å². The van der Waals surface area contributed by atoms with Crippen LogP contribution in [0.15, 0.2) is 0 Å². The van der Waals surface area contributed by atoms with Crippen molar-refractivity contribution >= 4 is 35.4 Å². The Morgan fingerprint density at radius 2 is 0.759 bits per heavy atom. The SMILES string of the molecule is CCC(COCCC(=O)N[C@@H](CC(C)C)C(=O)N(C)O)(COCCC(=O)N[C@H](CC(C)C)C(=O)N(C)O)COCCC(=O)N[C@H](CC(C)C)C(=O)N(C)O. The van der Waals surface area contributed by atoms with Crippen LogP contribution in [0.3, 0.4) is 0 Å². The molecule has 0 unspecified atom stereocenters. The number of ether oxygens (including phenoxy) is 3. The number of amides is 6. The van der Waals surface area contributed by atoms with Gasteiger partial charge in [-0.3, -0.25) is 44.4 Å². The third-order valence-corrected chi connectivity index (χ3v) is 8.37. The lowest BCUT2D eigenvalue weighted by Crippen LogP contribution is -2.47. The van der Waals surface area contributed by atoms with Crippen LogP contribution in [0.4, 0.5) is 0 Å². The molecule has 0 saturated heterocycles. The number of carbonyl (C=O) groups excluding carboxylic acids is 6. The van der Waals surface area contributed by atoms with E-state index in [1.807, 2.05) is 48.5 Å². The standard InChI is InChI=1S/C36H68N6O12/c1-11-36(21-52-15-12-30(43)37-27(18-24(2)3)33(46)40(8)49,22-53-16-13-31(44)38-28(19-25(4)5)34(47)41(9)50)23-54-17-14-32(45)39-29(20-26(6)7)35(48)42(10)51/h24-29,49-51H,11-23H2,1-10H3,(H,37,43)(H,38,44)(H,39,45)/t27-,28-,29+/m1/s1. The highest BCUT2D eigenvalue weighted by molar-refractivity contribution is 5.88. The highest BCUT2D eigenvalue weighted by atomic mass is 16.5.